The third-order valence-corrected chi connectivity index (χ3v) is 6.02. The highest BCUT2D eigenvalue weighted by Crippen LogP contribution is 2.32. The van der Waals surface area contributed by atoms with Crippen molar-refractivity contribution in [3.8, 4) is 5.75 Å². The molecule has 1 aliphatic carbocycles. The van der Waals surface area contributed by atoms with E-state index in [1.807, 2.05) is 6.07 Å². The van der Waals surface area contributed by atoms with E-state index < -0.39 is 5.97 Å². The van der Waals surface area contributed by atoms with Gasteiger partial charge in [0.25, 0.3) is 5.91 Å². The molecule has 27 heavy (non-hydrogen) atoms. The van der Waals surface area contributed by atoms with Crippen molar-refractivity contribution in [3.63, 3.8) is 0 Å². The van der Waals surface area contributed by atoms with Crippen LogP contribution in [0, 0.1) is 5.92 Å². The maximum Gasteiger partial charge on any atom is 0.348 e. The van der Waals surface area contributed by atoms with Gasteiger partial charge in [-0.25, -0.2) is 4.79 Å². The Bertz CT molecular complexity index is 932. The molecule has 4 rings (SSSR count). The molecule has 7 heteroatoms. The minimum atomic E-state index is -0.468. The van der Waals surface area contributed by atoms with Crippen molar-refractivity contribution < 1.29 is 23.9 Å². The molecule has 2 aromatic rings. The summed E-state index contributed by atoms with van der Waals surface area (Å²) in [5, 5.41) is 2.65. The third kappa shape index (κ3) is 3.73. The van der Waals surface area contributed by atoms with Crippen LogP contribution in [0.3, 0.4) is 0 Å². The number of ketones is 1. The molecule has 2 heterocycles. The molecule has 1 aromatic heterocycles. The number of hydrogen-bond acceptors (Lipinski definition) is 6. The summed E-state index contributed by atoms with van der Waals surface area (Å²) in [6.45, 7) is 1.83. The zero-order chi connectivity index (χ0) is 19.0. The number of ether oxygens (including phenoxy) is 2. The second-order valence-electron chi connectivity index (χ2n) is 6.95. The molecule has 140 valence electrons. The Labute approximate surface area is 160 Å². The smallest absolute Gasteiger partial charge is 0.348 e. The van der Waals surface area contributed by atoms with Crippen molar-refractivity contribution >= 4 is 34.7 Å². The second kappa shape index (κ2) is 7.15. The Morgan fingerprint density at radius 2 is 2.19 bits per heavy atom. The van der Waals surface area contributed by atoms with Crippen LogP contribution in [-0.4, -0.2) is 30.9 Å². The fourth-order valence-electron chi connectivity index (χ4n) is 3.35. The lowest BCUT2D eigenvalue weighted by atomic mass is 9.90. The first-order valence-electron chi connectivity index (χ1n) is 8.88. The van der Waals surface area contributed by atoms with E-state index in [-0.39, 0.29) is 24.9 Å². The average molecular weight is 385 g/mol. The van der Waals surface area contributed by atoms with E-state index in [1.54, 1.807) is 12.1 Å². The SMILES string of the molecule is C[C@@H]1CCc2sc(C(=O)OCC(=O)c3ccc4c(c3)NC(=O)CO4)cc2C1. The lowest BCUT2D eigenvalue weighted by Crippen LogP contribution is -2.25. The van der Waals surface area contributed by atoms with E-state index in [2.05, 4.69) is 12.2 Å². The standard InChI is InChI=1S/C20H19NO5S/c1-11-2-5-17-13(6-11)8-18(27-17)20(24)26-9-15(22)12-3-4-16-14(7-12)21-19(23)10-25-16/h3-4,7-8,11H,2,5-6,9-10H2,1H3,(H,21,23)/t11-/m1/s1. The summed E-state index contributed by atoms with van der Waals surface area (Å²) in [6.07, 6.45) is 3.12. The van der Waals surface area contributed by atoms with Gasteiger partial charge in [0.15, 0.2) is 19.0 Å². The number of aryl methyl sites for hydroxylation is 1. The lowest BCUT2D eigenvalue weighted by molar-refractivity contribution is -0.118. The number of carbonyl (C=O) groups excluding carboxylic acids is 3. The van der Waals surface area contributed by atoms with Crippen LogP contribution in [0.2, 0.25) is 0 Å². The molecule has 0 saturated carbocycles. The van der Waals surface area contributed by atoms with Gasteiger partial charge < -0.3 is 14.8 Å². The maximum atomic E-state index is 12.4. The van der Waals surface area contributed by atoms with E-state index >= 15 is 0 Å². The van der Waals surface area contributed by atoms with Crippen molar-refractivity contribution in [1.29, 1.82) is 0 Å². The summed E-state index contributed by atoms with van der Waals surface area (Å²) in [4.78, 5) is 37.9. The molecule has 1 atom stereocenters. The van der Waals surface area contributed by atoms with Crippen molar-refractivity contribution in [3.05, 3.63) is 45.1 Å². The predicted molar refractivity (Wildman–Crippen MR) is 101 cm³/mol. The van der Waals surface area contributed by atoms with Crippen LogP contribution in [0.5, 0.6) is 5.75 Å². The molecule has 6 nitrogen and oxygen atoms in total. The van der Waals surface area contributed by atoms with E-state index in [4.69, 9.17) is 9.47 Å². The topological polar surface area (TPSA) is 81.7 Å². The average Bonchev–Trinajstić information content (AvgIpc) is 3.08. The molecule has 1 amide bonds. The van der Waals surface area contributed by atoms with E-state index in [0.717, 1.165) is 19.3 Å². The van der Waals surface area contributed by atoms with Crippen molar-refractivity contribution in [1.82, 2.24) is 0 Å². The first-order valence-corrected chi connectivity index (χ1v) is 9.70. The quantitative estimate of drug-likeness (QED) is 0.645. The Morgan fingerprint density at radius 3 is 3.04 bits per heavy atom. The van der Waals surface area contributed by atoms with Crippen molar-refractivity contribution in [2.75, 3.05) is 18.5 Å². The van der Waals surface area contributed by atoms with Gasteiger partial charge in [0.2, 0.25) is 0 Å². The Morgan fingerprint density at radius 1 is 1.33 bits per heavy atom. The van der Waals surface area contributed by atoms with Gasteiger partial charge in [0.1, 0.15) is 10.6 Å². The Balaban J connectivity index is 1.40. The summed E-state index contributed by atoms with van der Waals surface area (Å²) in [7, 11) is 0. The summed E-state index contributed by atoms with van der Waals surface area (Å²) in [6, 6.07) is 6.65. The van der Waals surface area contributed by atoms with Gasteiger partial charge in [-0.1, -0.05) is 6.92 Å². The molecule has 0 bridgehead atoms. The van der Waals surface area contributed by atoms with E-state index in [9.17, 15) is 14.4 Å². The third-order valence-electron chi connectivity index (χ3n) is 4.80. The molecule has 0 fully saturated rings. The number of amides is 1. The number of Topliss-reactive ketones (excluding diaryl/α,β-unsaturated/α-hetero) is 1. The Hall–Kier alpha value is -2.67. The first kappa shape index (κ1) is 17.7. The van der Waals surface area contributed by atoms with Crippen LogP contribution in [0.4, 0.5) is 5.69 Å². The summed E-state index contributed by atoms with van der Waals surface area (Å²) >= 11 is 1.46. The molecule has 0 saturated heterocycles. The van der Waals surface area contributed by atoms with E-state index in [1.165, 1.54) is 27.8 Å². The number of benzene rings is 1. The predicted octanol–water partition coefficient (Wildman–Crippen LogP) is 3.24. The molecule has 0 spiro atoms. The number of thiophene rings is 1. The summed E-state index contributed by atoms with van der Waals surface area (Å²) in [5.74, 6) is 0.0768. The minimum Gasteiger partial charge on any atom is -0.482 e. The highest BCUT2D eigenvalue weighted by atomic mass is 32.1. The molecule has 1 aromatic carbocycles. The maximum absolute atomic E-state index is 12.4. The van der Waals surface area contributed by atoms with Gasteiger partial charge in [-0.15, -0.1) is 11.3 Å². The zero-order valence-electron chi connectivity index (χ0n) is 14.9. The molecule has 0 unspecified atom stereocenters. The molecular formula is C20H19NO5S. The second-order valence-corrected chi connectivity index (χ2v) is 8.09. The zero-order valence-corrected chi connectivity index (χ0v) is 15.7. The summed E-state index contributed by atoms with van der Waals surface area (Å²) < 4.78 is 10.5. The highest BCUT2D eigenvalue weighted by molar-refractivity contribution is 7.14. The van der Waals surface area contributed by atoms with Crippen LogP contribution in [0.25, 0.3) is 0 Å². The molecule has 0 radical (unpaired) electrons. The largest absolute Gasteiger partial charge is 0.482 e. The fourth-order valence-corrected chi connectivity index (χ4v) is 4.45. The number of anilines is 1. The number of hydrogen-bond donors (Lipinski definition) is 1. The van der Waals surface area contributed by atoms with Crippen molar-refractivity contribution in [2.45, 2.75) is 26.2 Å². The number of esters is 1. The molecule has 2 aliphatic rings. The number of nitrogens with one attached hydrogen (secondary N) is 1. The van der Waals surface area contributed by atoms with Gasteiger partial charge in [-0.3, -0.25) is 9.59 Å². The lowest BCUT2D eigenvalue weighted by Gasteiger charge is -2.18. The van der Waals surface area contributed by atoms with Gasteiger partial charge in [0.05, 0.1) is 5.69 Å². The van der Waals surface area contributed by atoms with Crippen LogP contribution in [0.15, 0.2) is 24.3 Å². The highest BCUT2D eigenvalue weighted by Gasteiger charge is 2.22. The van der Waals surface area contributed by atoms with Gasteiger partial charge in [-0.2, -0.15) is 0 Å². The van der Waals surface area contributed by atoms with Crippen molar-refractivity contribution in [2.24, 2.45) is 5.92 Å². The van der Waals surface area contributed by atoms with Crippen LogP contribution < -0.4 is 10.1 Å². The monoisotopic (exact) mass is 385 g/mol. The molecule has 1 N–H and O–H groups in total. The normalized spacial score (nSPS) is 18.0. The van der Waals surface area contributed by atoms with Crippen LogP contribution in [-0.2, 0) is 22.4 Å². The number of carbonyl (C=O) groups is 3. The van der Waals surface area contributed by atoms with Crippen LogP contribution in [0.1, 0.15) is 43.8 Å². The van der Waals surface area contributed by atoms with Gasteiger partial charge in [-0.05, 0) is 55.0 Å². The van der Waals surface area contributed by atoms with E-state index in [0.29, 0.717) is 27.8 Å². The van der Waals surface area contributed by atoms with Gasteiger partial charge in [0, 0.05) is 10.4 Å². The fraction of sp³-hybridized carbons (Fsp3) is 0.350. The number of fused-ring (bicyclic) bond motifs is 2. The van der Waals surface area contributed by atoms with Gasteiger partial charge >= 0.3 is 5.97 Å². The minimum absolute atomic E-state index is 0.0402. The van der Waals surface area contributed by atoms with Crippen LogP contribution >= 0.6 is 11.3 Å². The first-order chi connectivity index (χ1) is 13.0. The molecule has 1 aliphatic heterocycles. The Kier molecular flexibility index (Phi) is 4.70. The summed E-state index contributed by atoms with van der Waals surface area (Å²) in [5.41, 5.74) is 2.03. The number of rotatable bonds is 4. The molecular weight excluding hydrogens is 366 g/mol.